The summed E-state index contributed by atoms with van der Waals surface area (Å²) < 4.78 is 4.69. The summed E-state index contributed by atoms with van der Waals surface area (Å²) in [4.78, 5) is 10.4. The Kier molecular flexibility index (Phi) is 1.71. The van der Waals surface area contributed by atoms with Gasteiger partial charge in [-0.25, -0.2) is 0 Å². The summed E-state index contributed by atoms with van der Waals surface area (Å²) >= 11 is 2.04. The van der Waals surface area contributed by atoms with E-state index >= 15 is 0 Å². The third-order valence-corrected chi connectivity index (χ3v) is 1.75. The topological polar surface area (TPSA) is 52.3 Å². The van der Waals surface area contributed by atoms with Crippen molar-refractivity contribution < 1.29 is 9.53 Å². The average Bonchev–Trinajstić information content (AvgIpc) is 1.85. The lowest BCUT2D eigenvalue weighted by Crippen LogP contribution is -2.24. The van der Waals surface area contributed by atoms with Gasteiger partial charge in [0.05, 0.1) is 0 Å². The van der Waals surface area contributed by atoms with E-state index in [1.165, 1.54) is 0 Å². The van der Waals surface area contributed by atoms with Crippen LogP contribution in [-0.2, 0) is 9.53 Å². The molecule has 1 saturated heterocycles. The zero-order valence-electron chi connectivity index (χ0n) is 4.13. The molecule has 0 radical (unpaired) electrons. The zero-order chi connectivity index (χ0) is 6.15. The molecule has 2 N–H and O–H groups in total. The number of cyclic esters (lactones) is 1. The lowest BCUT2D eigenvalue weighted by atomic mass is 10.3. The van der Waals surface area contributed by atoms with Crippen LogP contribution in [0.4, 0.5) is 0 Å². The molecular formula is C4H6INO2. The van der Waals surface area contributed by atoms with Crippen LogP contribution in [0.5, 0.6) is 0 Å². The number of carbonyl (C=O) groups is 1. The second-order valence-electron chi connectivity index (χ2n) is 1.69. The molecule has 0 aromatic rings. The Balaban J connectivity index is 2.51. The Labute approximate surface area is 60.7 Å². The second kappa shape index (κ2) is 2.18. The van der Waals surface area contributed by atoms with Gasteiger partial charge in [0.25, 0.3) is 0 Å². The van der Waals surface area contributed by atoms with Gasteiger partial charge < -0.3 is 10.5 Å². The molecule has 0 saturated carbocycles. The van der Waals surface area contributed by atoms with Gasteiger partial charge in [-0.1, -0.05) is 0 Å². The number of esters is 1. The summed E-state index contributed by atoms with van der Waals surface area (Å²) in [7, 11) is 0. The van der Waals surface area contributed by atoms with Crippen molar-refractivity contribution in [2.45, 2.75) is 16.6 Å². The zero-order valence-corrected chi connectivity index (χ0v) is 6.29. The van der Waals surface area contributed by atoms with E-state index in [9.17, 15) is 4.79 Å². The summed E-state index contributed by atoms with van der Waals surface area (Å²) in [6, 6.07) is -0.378. The molecule has 1 rings (SSSR count). The molecule has 0 amide bonds. The summed E-state index contributed by atoms with van der Waals surface area (Å²) in [5.41, 5.74) is 5.29. The second-order valence-corrected chi connectivity index (χ2v) is 3.08. The number of alkyl halides is 1. The summed E-state index contributed by atoms with van der Waals surface area (Å²) in [6.45, 7) is 0. The van der Waals surface area contributed by atoms with Gasteiger partial charge in [0.2, 0.25) is 0 Å². The molecule has 46 valence electrons. The third-order valence-electron chi connectivity index (χ3n) is 0.986. The first-order chi connectivity index (χ1) is 3.70. The normalized spacial score (nSPS) is 37.5. The van der Waals surface area contributed by atoms with Crippen molar-refractivity contribution >= 4 is 28.6 Å². The molecule has 0 spiro atoms. The quantitative estimate of drug-likeness (QED) is 0.360. The number of hydrogen-bond acceptors (Lipinski definition) is 3. The van der Waals surface area contributed by atoms with Crippen molar-refractivity contribution in [1.29, 1.82) is 0 Å². The van der Waals surface area contributed by atoms with Crippen LogP contribution in [0, 0.1) is 0 Å². The number of nitrogens with two attached hydrogens (primary N) is 1. The Morgan fingerprint density at radius 1 is 1.88 bits per heavy atom. The highest BCUT2D eigenvalue weighted by molar-refractivity contribution is 14.1. The van der Waals surface area contributed by atoms with E-state index in [0.717, 1.165) is 0 Å². The molecule has 4 heteroatoms. The molecule has 0 bridgehead atoms. The highest BCUT2D eigenvalue weighted by Crippen LogP contribution is 2.17. The van der Waals surface area contributed by atoms with Crippen LogP contribution in [0.1, 0.15) is 6.42 Å². The van der Waals surface area contributed by atoms with Gasteiger partial charge in [-0.15, -0.1) is 0 Å². The molecule has 0 aromatic heterocycles. The Hall–Kier alpha value is 0.160. The van der Waals surface area contributed by atoms with Gasteiger partial charge in [0, 0.05) is 6.42 Å². The predicted octanol–water partition coefficient (Wildman–Crippen LogP) is 0.0217. The van der Waals surface area contributed by atoms with Crippen molar-refractivity contribution in [2.75, 3.05) is 0 Å². The van der Waals surface area contributed by atoms with Crippen LogP contribution in [-0.4, -0.2) is 16.1 Å². The van der Waals surface area contributed by atoms with Crippen LogP contribution in [0.2, 0.25) is 0 Å². The highest BCUT2D eigenvalue weighted by Gasteiger charge is 2.28. The first-order valence-corrected chi connectivity index (χ1v) is 3.55. The minimum atomic E-state index is -0.378. The van der Waals surface area contributed by atoms with Crippen LogP contribution < -0.4 is 5.73 Å². The van der Waals surface area contributed by atoms with Gasteiger partial charge in [-0.2, -0.15) is 0 Å². The first-order valence-electron chi connectivity index (χ1n) is 2.30. The molecule has 1 aliphatic heterocycles. The van der Waals surface area contributed by atoms with Gasteiger partial charge in [0.15, 0.2) is 4.11 Å². The average molecular weight is 227 g/mol. The minimum Gasteiger partial charge on any atom is -0.450 e. The number of carbonyl (C=O) groups excluding carboxylic acids is 1. The van der Waals surface area contributed by atoms with E-state index in [1.54, 1.807) is 0 Å². The maximum Gasteiger partial charge on any atom is 0.324 e. The van der Waals surface area contributed by atoms with E-state index in [4.69, 9.17) is 10.5 Å². The van der Waals surface area contributed by atoms with Gasteiger partial charge in [-0.3, -0.25) is 4.79 Å². The van der Waals surface area contributed by atoms with Crippen molar-refractivity contribution in [3.63, 3.8) is 0 Å². The summed E-state index contributed by atoms with van der Waals surface area (Å²) in [5.74, 6) is -0.274. The fraction of sp³-hybridized carbons (Fsp3) is 0.750. The lowest BCUT2D eigenvalue weighted by molar-refractivity contribution is -0.139. The SMILES string of the molecule is NC1CC(I)OC1=O. The van der Waals surface area contributed by atoms with Gasteiger partial charge in [-0.05, 0) is 22.6 Å². The Morgan fingerprint density at radius 3 is 2.62 bits per heavy atom. The van der Waals surface area contributed by atoms with Crippen LogP contribution in [0.3, 0.4) is 0 Å². The largest absolute Gasteiger partial charge is 0.450 e. The van der Waals surface area contributed by atoms with Crippen LogP contribution in [0.15, 0.2) is 0 Å². The van der Waals surface area contributed by atoms with Crippen LogP contribution in [0.25, 0.3) is 0 Å². The summed E-state index contributed by atoms with van der Waals surface area (Å²) in [5, 5.41) is 0. The molecule has 3 nitrogen and oxygen atoms in total. The van der Waals surface area contributed by atoms with Crippen LogP contribution >= 0.6 is 22.6 Å². The molecule has 1 heterocycles. The predicted molar refractivity (Wildman–Crippen MR) is 36.5 cm³/mol. The fourth-order valence-corrected chi connectivity index (χ4v) is 1.36. The Bertz CT molecular complexity index is 117. The molecule has 2 atom stereocenters. The fourth-order valence-electron chi connectivity index (χ4n) is 0.557. The molecular weight excluding hydrogens is 221 g/mol. The van der Waals surface area contributed by atoms with E-state index in [1.807, 2.05) is 22.6 Å². The van der Waals surface area contributed by atoms with Crippen molar-refractivity contribution in [3.8, 4) is 0 Å². The monoisotopic (exact) mass is 227 g/mol. The Morgan fingerprint density at radius 2 is 2.50 bits per heavy atom. The number of ether oxygens (including phenoxy) is 1. The smallest absolute Gasteiger partial charge is 0.324 e. The molecule has 1 aliphatic rings. The summed E-state index contributed by atoms with van der Waals surface area (Å²) in [6.07, 6.45) is 0.652. The molecule has 1 fully saturated rings. The molecule has 0 aromatic carbocycles. The third kappa shape index (κ3) is 1.11. The van der Waals surface area contributed by atoms with Gasteiger partial charge in [0.1, 0.15) is 6.04 Å². The minimum absolute atomic E-state index is 0.00454. The number of hydrogen-bond donors (Lipinski definition) is 1. The molecule has 0 aliphatic carbocycles. The van der Waals surface area contributed by atoms with Gasteiger partial charge >= 0.3 is 5.97 Å². The maximum absolute atomic E-state index is 10.4. The van der Waals surface area contributed by atoms with E-state index in [2.05, 4.69) is 0 Å². The molecule has 2 unspecified atom stereocenters. The highest BCUT2D eigenvalue weighted by atomic mass is 127. The standard InChI is InChI=1S/C4H6INO2/c5-3-1-2(6)4(7)8-3/h2-3H,1,6H2. The number of halogens is 1. The maximum atomic E-state index is 10.4. The molecule has 8 heavy (non-hydrogen) atoms. The lowest BCUT2D eigenvalue weighted by Gasteiger charge is -1.93. The van der Waals surface area contributed by atoms with E-state index < -0.39 is 0 Å². The van der Waals surface area contributed by atoms with Crippen molar-refractivity contribution in [2.24, 2.45) is 5.73 Å². The number of rotatable bonds is 0. The van der Waals surface area contributed by atoms with E-state index in [0.29, 0.717) is 6.42 Å². The van der Waals surface area contributed by atoms with E-state index in [-0.39, 0.29) is 16.1 Å². The van der Waals surface area contributed by atoms with Crippen molar-refractivity contribution in [3.05, 3.63) is 0 Å². The van der Waals surface area contributed by atoms with Crippen molar-refractivity contribution in [1.82, 2.24) is 0 Å². The first kappa shape index (κ1) is 6.28.